The quantitative estimate of drug-likeness (QED) is 0.142. The molecular formula is C65H47N5OPt-2. The first-order valence-corrected chi connectivity index (χ1v) is 24.6. The molecule has 0 aliphatic carbocycles. The van der Waals surface area contributed by atoms with Crippen LogP contribution in [0, 0.1) is 22.9 Å². The summed E-state index contributed by atoms with van der Waals surface area (Å²) in [6.45, 7) is 8.51. The number of hydrogen-bond donors (Lipinski definition) is 0. The summed E-state index contributed by atoms with van der Waals surface area (Å²) in [5.41, 5.74) is 7.60. The fourth-order valence-corrected chi connectivity index (χ4v) is 11.1. The van der Waals surface area contributed by atoms with Crippen LogP contribution in [0.1, 0.15) is 45.6 Å². The number of aryl methyl sites for hydroxylation is 1. The summed E-state index contributed by atoms with van der Waals surface area (Å²) in [5.74, 6) is 1.61. The van der Waals surface area contributed by atoms with Gasteiger partial charge in [-0.2, -0.15) is 0 Å². The van der Waals surface area contributed by atoms with Crippen LogP contribution in [0.15, 0.2) is 212 Å². The van der Waals surface area contributed by atoms with Crippen molar-refractivity contribution < 1.29 is 37.8 Å². The second-order valence-corrected chi connectivity index (χ2v) is 19.7. The number of aromatic nitrogens is 5. The van der Waals surface area contributed by atoms with Crippen LogP contribution in [-0.4, -0.2) is 23.3 Å². The third kappa shape index (κ3) is 7.20. The molecule has 9 aromatic carbocycles. The monoisotopic (exact) mass is 1120 g/mol. The fourth-order valence-electron chi connectivity index (χ4n) is 10.0. The normalized spacial score (nSPS) is 13.9. The summed E-state index contributed by atoms with van der Waals surface area (Å²) in [6.07, 6.45) is 1.84. The van der Waals surface area contributed by atoms with Crippen LogP contribution in [0.3, 0.4) is 0 Å². The van der Waals surface area contributed by atoms with Crippen LogP contribution >= 0.6 is 0 Å². The molecule has 4 aromatic heterocycles. The molecule has 0 atom stereocenters. The van der Waals surface area contributed by atoms with Gasteiger partial charge in [-0.25, -0.2) is 0 Å². The number of rotatable bonds is 8. The second kappa shape index (κ2) is 17.2. The molecule has 6 nitrogen and oxygen atoms in total. The van der Waals surface area contributed by atoms with E-state index in [0.29, 0.717) is 37.7 Å². The van der Waals surface area contributed by atoms with E-state index in [9.17, 15) is 5.48 Å². The Balaban J connectivity index is 1.07. The zero-order chi connectivity index (χ0) is 57.4. The predicted octanol–water partition coefficient (Wildman–Crippen LogP) is 16.4. The fraction of sp³-hybridized carbons (Fsp3) is 0.0769. The van der Waals surface area contributed by atoms with E-state index in [1.165, 1.54) is 0 Å². The predicted molar refractivity (Wildman–Crippen MR) is 291 cm³/mol. The molecule has 0 unspecified atom stereocenters. The zero-order valence-corrected chi connectivity index (χ0v) is 41.7. The standard InChI is InChI=1S/C65H47N5O.Pt/c1-43-36-55-52-28-13-16-31-58(52)70(63-37-46(34-35-66-63)65(2,3)4)61(55)41-62(43)71-49-25-19-24-47(38-49)67-42-68(60-33-18-17-32-59(60)67)64-53(44-20-7-5-8-21-44)39-48(40-54(64)45-22-9-6-10-23-45)69-56-29-14-11-26-50(56)51-27-12-15-30-57(51)69;/h5-37,39-40H,1-4H3;/q-2;/i5D,6D,7D,8D,9D,10D,20D,21D,22D,23D;. The second-order valence-electron chi connectivity index (χ2n) is 18.7. The molecule has 0 saturated carbocycles. The molecule has 0 fully saturated rings. The van der Waals surface area contributed by atoms with Crippen LogP contribution in [0.5, 0.6) is 11.5 Å². The molecule has 350 valence electrons. The number of para-hydroxylation sites is 5. The Hall–Kier alpha value is -8.31. The minimum atomic E-state index is -0.584. The summed E-state index contributed by atoms with van der Waals surface area (Å²) in [7, 11) is 0. The molecule has 13 aromatic rings. The van der Waals surface area contributed by atoms with Crippen LogP contribution in [0.25, 0.3) is 99.8 Å². The van der Waals surface area contributed by atoms with E-state index in [1.54, 1.807) is 12.1 Å². The molecule has 0 saturated heterocycles. The van der Waals surface area contributed by atoms with E-state index >= 15 is 0 Å². The number of benzene rings is 9. The molecule has 72 heavy (non-hydrogen) atoms. The Bertz CT molecular complexity index is 4750. The van der Waals surface area contributed by atoms with Crippen molar-refractivity contribution in [2.75, 3.05) is 0 Å². The van der Waals surface area contributed by atoms with Gasteiger partial charge in [0, 0.05) is 6.20 Å². The first kappa shape index (κ1) is 34.1. The summed E-state index contributed by atoms with van der Waals surface area (Å²) in [5, 5.41) is 3.88. The van der Waals surface area contributed by atoms with Gasteiger partial charge in [-0.05, 0) is 17.0 Å². The van der Waals surface area contributed by atoms with Crippen molar-refractivity contribution in [3.8, 4) is 56.6 Å². The van der Waals surface area contributed by atoms with Gasteiger partial charge in [-0.1, -0.05) is 32.9 Å². The van der Waals surface area contributed by atoms with Gasteiger partial charge < -0.3 is 0 Å². The SMILES string of the molecule is [2H]c1c([2H])c([2H])c(-c2cc(-n3c4ccccc4c4ccccc43)cc(-c3c([2H])c([2H])c([2H])c([2H])c3[2H])c2-n2[c](=[Pt])n(-c3[c-]c(Oc4[c-]c5c(cc4C)c4ccccc4n5-c4cc(C(C)(C)C)ccn4)ccc3)c3ccccc32)c([2H])c1[2H]. The average Bonchev–Trinajstić information content (AvgIpc) is 2.71. The number of nitrogens with zero attached hydrogens (tertiary/aromatic N) is 5. The molecule has 0 N–H and O–H groups in total. The Morgan fingerprint density at radius 3 is 1.68 bits per heavy atom. The van der Waals surface area contributed by atoms with Crippen molar-refractivity contribution in [1.82, 2.24) is 23.3 Å². The Labute approximate surface area is 442 Å². The third-order valence-corrected chi connectivity index (χ3v) is 14.3. The van der Waals surface area contributed by atoms with Crippen molar-refractivity contribution in [3.63, 3.8) is 0 Å². The molecule has 0 aliphatic heterocycles. The summed E-state index contributed by atoms with van der Waals surface area (Å²) in [6, 6.07) is 48.5. The number of fused-ring (bicyclic) bond motifs is 7. The Morgan fingerprint density at radius 1 is 0.542 bits per heavy atom. The first-order chi connectivity index (χ1) is 39.3. The van der Waals surface area contributed by atoms with Gasteiger partial charge in [0.15, 0.2) is 0 Å². The van der Waals surface area contributed by atoms with E-state index in [2.05, 4.69) is 81.1 Å². The molecule has 13 rings (SSSR count). The van der Waals surface area contributed by atoms with Crippen molar-refractivity contribution in [2.24, 2.45) is 0 Å². The van der Waals surface area contributed by atoms with E-state index < -0.39 is 60.4 Å². The maximum absolute atomic E-state index is 9.56. The van der Waals surface area contributed by atoms with Gasteiger partial charge in [0.05, 0.1) is 0 Å². The number of hydrogen-bond acceptors (Lipinski definition) is 2. The molecule has 0 spiro atoms. The molecule has 0 bridgehead atoms. The molecule has 0 radical (unpaired) electrons. The minimum absolute atomic E-state index is 0.119. The Morgan fingerprint density at radius 2 is 1.08 bits per heavy atom. The Kier molecular flexibility index (Phi) is 8.15. The molecular weight excluding hydrogens is 1060 g/mol. The maximum atomic E-state index is 9.56. The first-order valence-electron chi connectivity index (χ1n) is 28.5. The van der Waals surface area contributed by atoms with Gasteiger partial charge in [0.1, 0.15) is 0 Å². The van der Waals surface area contributed by atoms with E-state index in [4.69, 9.17) is 17.9 Å². The van der Waals surface area contributed by atoms with Gasteiger partial charge in [0.2, 0.25) is 0 Å². The van der Waals surface area contributed by atoms with E-state index in [1.807, 2.05) is 136 Å². The average molecular weight is 1120 g/mol. The van der Waals surface area contributed by atoms with E-state index in [0.717, 1.165) is 60.6 Å². The van der Waals surface area contributed by atoms with Crippen LogP contribution in [0.4, 0.5) is 0 Å². The number of imidazole rings is 1. The summed E-state index contributed by atoms with van der Waals surface area (Å²) >= 11 is 2.18. The molecule has 7 heteroatoms. The van der Waals surface area contributed by atoms with Crippen molar-refractivity contribution in [2.45, 2.75) is 33.1 Å². The van der Waals surface area contributed by atoms with Gasteiger partial charge in [-0.15, -0.1) is 0 Å². The van der Waals surface area contributed by atoms with Crippen molar-refractivity contribution in [3.05, 3.63) is 239 Å². The van der Waals surface area contributed by atoms with Crippen LogP contribution in [-0.2, 0) is 24.8 Å². The number of ether oxygens (including phenoxy) is 1. The third-order valence-electron chi connectivity index (χ3n) is 13.3. The summed E-state index contributed by atoms with van der Waals surface area (Å²) < 4.78 is 107. The van der Waals surface area contributed by atoms with Crippen molar-refractivity contribution in [1.29, 1.82) is 0 Å². The zero-order valence-electron chi connectivity index (χ0n) is 49.4. The van der Waals surface area contributed by atoms with Gasteiger partial charge in [-0.3, -0.25) is 0 Å². The summed E-state index contributed by atoms with van der Waals surface area (Å²) in [4.78, 5) is 4.86. The topological polar surface area (TPSA) is 41.8 Å². The molecule has 0 amide bonds. The molecule has 4 heterocycles. The van der Waals surface area contributed by atoms with Crippen LogP contribution < -0.4 is 4.74 Å². The van der Waals surface area contributed by atoms with Crippen LogP contribution in [0.2, 0.25) is 0 Å². The number of pyridine rings is 1. The van der Waals surface area contributed by atoms with E-state index in [-0.39, 0.29) is 33.4 Å². The molecule has 0 aliphatic rings. The van der Waals surface area contributed by atoms with Gasteiger partial charge >= 0.3 is 389 Å². The van der Waals surface area contributed by atoms with Crippen molar-refractivity contribution >= 4 is 54.6 Å². The van der Waals surface area contributed by atoms with Gasteiger partial charge in [0.25, 0.3) is 0 Å².